The second-order valence-electron chi connectivity index (χ2n) is 36.0. The van der Waals surface area contributed by atoms with Crippen LogP contribution in [0, 0.1) is 16.7 Å². The van der Waals surface area contributed by atoms with Gasteiger partial charge in [0.1, 0.15) is 34.5 Å². The maximum atomic E-state index is 13.4. The number of pyridine rings is 3. The molecule has 25 rings (SSSR count). The fourth-order valence-electron chi connectivity index (χ4n) is 18.3. The van der Waals surface area contributed by atoms with Gasteiger partial charge in [0, 0.05) is 210 Å². The van der Waals surface area contributed by atoms with Gasteiger partial charge in [0.25, 0.3) is 17.7 Å². The summed E-state index contributed by atoms with van der Waals surface area (Å²) in [6, 6.07) is 7.78. The fourth-order valence-corrected chi connectivity index (χ4v) is 20.5. The minimum atomic E-state index is -0.281. The molecule has 122 heavy (non-hydrogen) atoms. The Balaban J connectivity index is 0.000000107. The predicted octanol–water partition coefficient (Wildman–Crippen LogP) is 13.6. The number of nitrogens with one attached hydrogen (secondary N) is 3. The summed E-state index contributed by atoms with van der Waals surface area (Å²) in [5.41, 5.74) is 11.0. The van der Waals surface area contributed by atoms with Crippen LogP contribution in [-0.4, -0.2) is 219 Å². The average Bonchev–Trinajstić information content (AvgIpc) is 1.66. The molecule has 7 saturated carbocycles. The fraction of sp³-hybridized carbons (Fsp3) is 0.489. The summed E-state index contributed by atoms with van der Waals surface area (Å²) in [6.45, 7) is 15.2. The smallest absolute Gasteiger partial charge is 0.275 e. The van der Waals surface area contributed by atoms with Crippen LogP contribution in [0.25, 0.3) is 49.6 Å². The van der Waals surface area contributed by atoms with Gasteiger partial charge in [-0.25, -0.2) is 59.8 Å². The van der Waals surface area contributed by atoms with Crippen LogP contribution in [0.2, 0.25) is 0 Å². The van der Waals surface area contributed by atoms with Crippen molar-refractivity contribution < 1.29 is 23.9 Å². The van der Waals surface area contributed by atoms with E-state index in [1.165, 1.54) is 144 Å². The lowest BCUT2D eigenvalue weighted by Gasteiger charge is -2.53. The van der Waals surface area contributed by atoms with E-state index in [1.807, 2.05) is 109 Å². The Labute approximate surface area is 717 Å². The first kappa shape index (κ1) is 76.2. The molecule has 31 nitrogen and oxygen atoms in total. The van der Waals surface area contributed by atoms with Crippen molar-refractivity contribution >= 4 is 86.2 Å². The number of nitrogens with zero attached hydrogens (tertiary/aromatic N) is 23. The maximum absolute atomic E-state index is 13.4. The number of carbonyl (C=O) groups excluding carboxylic acids is 3. The number of carbonyl (C=O) groups is 3. The van der Waals surface area contributed by atoms with E-state index in [1.54, 1.807) is 0 Å². The Morgan fingerprint density at radius 3 is 1.19 bits per heavy atom. The van der Waals surface area contributed by atoms with Crippen LogP contribution in [0.15, 0.2) is 128 Å². The van der Waals surface area contributed by atoms with Gasteiger partial charge in [-0.1, -0.05) is 0 Å². The highest BCUT2D eigenvalue weighted by molar-refractivity contribution is 7.14. The zero-order valence-electron chi connectivity index (χ0n) is 68.1. The molecule has 0 aromatic carbocycles. The van der Waals surface area contributed by atoms with Crippen LogP contribution in [0.4, 0.5) is 34.5 Å². The monoisotopic (exact) mass is 1690 g/mol. The van der Waals surface area contributed by atoms with Gasteiger partial charge in [0.05, 0.1) is 102 Å². The van der Waals surface area contributed by atoms with E-state index in [0.717, 1.165) is 194 Å². The molecule has 0 radical (unpaired) electrons. The van der Waals surface area contributed by atoms with Gasteiger partial charge in [0.15, 0.2) is 32.5 Å². The minimum Gasteiger partial charge on any atom is -0.381 e. The van der Waals surface area contributed by atoms with Gasteiger partial charge >= 0.3 is 0 Å². The number of anilines is 6. The van der Waals surface area contributed by atoms with Crippen LogP contribution >= 0.6 is 34.0 Å². The molecular formula is C88H98N26O5S3. The number of amides is 3. The lowest BCUT2D eigenvalue weighted by atomic mass is 9.73. The van der Waals surface area contributed by atoms with Gasteiger partial charge in [0.2, 0.25) is 0 Å². The van der Waals surface area contributed by atoms with Gasteiger partial charge in [-0.2, -0.15) is 0 Å². The molecule has 2 spiro atoms. The molecule has 18 heterocycles. The molecule has 7 aliphatic carbocycles. The zero-order chi connectivity index (χ0) is 81.2. The highest BCUT2D eigenvalue weighted by atomic mass is 32.1. The van der Waals surface area contributed by atoms with Gasteiger partial charge in [-0.3, -0.25) is 19.3 Å². The number of rotatable bonds is 24. The van der Waals surface area contributed by atoms with Crippen LogP contribution in [0.5, 0.6) is 0 Å². The molecule has 12 aromatic rings. The van der Waals surface area contributed by atoms with Gasteiger partial charge in [-0.15, -0.1) is 34.0 Å². The van der Waals surface area contributed by atoms with Crippen molar-refractivity contribution in [1.82, 2.24) is 97.0 Å². The van der Waals surface area contributed by atoms with E-state index in [0.29, 0.717) is 87.3 Å². The Bertz CT molecular complexity index is 5860. The molecular weight excluding hydrogens is 1600 g/mol. The first-order chi connectivity index (χ1) is 59.9. The Kier molecular flexibility index (Phi) is 19.7. The summed E-state index contributed by atoms with van der Waals surface area (Å²) in [5.74, 6) is 5.94. The molecule has 6 aliphatic heterocycles. The molecule has 3 N–H and O–H groups in total. The highest BCUT2D eigenvalue weighted by Crippen LogP contribution is 2.49. The number of piperidine rings is 1. The molecule has 0 bridgehead atoms. The summed E-state index contributed by atoms with van der Waals surface area (Å²) >= 11 is 4.46. The second-order valence-corrected chi connectivity index (χ2v) is 38.6. The molecule has 34 heteroatoms. The summed E-state index contributed by atoms with van der Waals surface area (Å²) in [7, 11) is 0. The molecule has 0 atom stereocenters. The third-order valence-corrected chi connectivity index (χ3v) is 29.3. The molecule has 0 unspecified atom stereocenters. The van der Waals surface area contributed by atoms with E-state index in [4.69, 9.17) is 14.5 Å². The SMILES string of the molecule is O=C(Nc1csc(-c2nccn2C2CC2)n1)c1cc(-n2cnc(C3CC3)c2)c(N2CC(N3CCN(CC4CC4)CC3)C2)cn1.O=C(Nc1csc(-c2nccn2C2CC2)n1)c1cc(-n2cnc(C3CC3)c2)c(N2CC3(CCOCC3)C2)cn1.O=C(Nc1csc(-c2nccn2C2CC2)n1)c1cc(-n2cnc(C3CC3)c2)c(N2CCC3(CC2)COC3)cn1. The number of thiazole rings is 3. The summed E-state index contributed by atoms with van der Waals surface area (Å²) in [4.78, 5) is 108. The Morgan fingerprint density at radius 2 is 0.811 bits per heavy atom. The van der Waals surface area contributed by atoms with Crippen molar-refractivity contribution in [2.24, 2.45) is 16.7 Å². The highest BCUT2D eigenvalue weighted by Gasteiger charge is 2.46. The number of ether oxygens (including phenoxy) is 2. The van der Waals surface area contributed by atoms with Crippen LogP contribution in [0.3, 0.4) is 0 Å². The minimum absolute atomic E-state index is 0.270. The largest absolute Gasteiger partial charge is 0.381 e. The Hall–Kier alpha value is -10.8. The maximum Gasteiger partial charge on any atom is 0.275 e. The van der Waals surface area contributed by atoms with Gasteiger partial charge < -0.3 is 72.4 Å². The summed E-state index contributed by atoms with van der Waals surface area (Å²) < 4.78 is 23.8. The number of imidazole rings is 6. The lowest BCUT2D eigenvalue weighted by molar-refractivity contribution is -0.124. The van der Waals surface area contributed by atoms with Crippen molar-refractivity contribution in [3.63, 3.8) is 0 Å². The predicted molar refractivity (Wildman–Crippen MR) is 465 cm³/mol. The van der Waals surface area contributed by atoms with Crippen molar-refractivity contribution in [1.29, 1.82) is 0 Å². The first-order valence-electron chi connectivity index (χ1n) is 43.8. The summed E-state index contributed by atoms with van der Waals surface area (Å²) in [6.07, 6.45) is 50.5. The standard InChI is InChI=1S/C32H38N10OS.2C28H30N8O2S/c43-31(36-29-19-44-32(37-29)30-33-7-8-42(30)23-5-6-23)25-13-27(41-18-26(35-20-41)22-3-4-22)28(14-34-25)40-16-24(17-40)39-11-9-38(10-12-39)15-21-1-2-21;37-26(32-24-14-39-27(33-24)25-29-7-8-36(25)19-3-4-19)20-11-22(34-13-21(31-17-34)18-1-2-18)23(12-30-20)35-15-28(16-35)5-9-38-10-6-28;37-26(32-24-14-39-27(33-24)25-29-7-10-36(25)19-3-4-19)20-11-22(35-13-21(31-17-35)18-1-2-18)23(12-30-20)34-8-5-28(6-9-34)15-38-16-28/h7-8,13-14,18-24H,1-6,9-12,15-17H2,(H,36,43);7-8,11-14,17-19H,1-6,9-10,15-16H2,(H,32,37);7,10-14,17-19H,1-6,8-9,15-16H2,(H,32,37). The molecule has 13 fully saturated rings. The normalized spacial score (nSPS) is 20.7. The van der Waals surface area contributed by atoms with E-state index in [9.17, 15) is 14.4 Å². The quantitative estimate of drug-likeness (QED) is 0.0506. The van der Waals surface area contributed by atoms with E-state index in [-0.39, 0.29) is 17.7 Å². The molecule has 6 saturated heterocycles. The van der Waals surface area contributed by atoms with Crippen molar-refractivity contribution in [3.05, 3.63) is 162 Å². The zero-order valence-corrected chi connectivity index (χ0v) is 70.6. The van der Waals surface area contributed by atoms with Gasteiger partial charge in [-0.05, 0) is 140 Å². The topological polar surface area (TPSA) is 306 Å². The molecule has 628 valence electrons. The molecule has 3 amide bonds. The second kappa shape index (κ2) is 31.5. The van der Waals surface area contributed by atoms with Crippen molar-refractivity contribution in [3.8, 4) is 49.6 Å². The van der Waals surface area contributed by atoms with E-state index >= 15 is 0 Å². The van der Waals surface area contributed by atoms with Crippen LogP contribution in [-0.2, 0) is 9.47 Å². The van der Waals surface area contributed by atoms with E-state index < -0.39 is 0 Å². The summed E-state index contributed by atoms with van der Waals surface area (Å²) in [5, 5.41) is 16.9. The Morgan fingerprint density at radius 1 is 0.410 bits per heavy atom. The number of aromatic nitrogens is 18. The average molecular weight is 1700 g/mol. The third kappa shape index (κ3) is 16.0. The molecule has 13 aliphatic rings. The third-order valence-electron chi connectivity index (χ3n) is 26.8. The van der Waals surface area contributed by atoms with E-state index in [2.05, 4.69) is 141 Å². The number of piperazine rings is 1. The van der Waals surface area contributed by atoms with Crippen molar-refractivity contribution in [2.75, 3.05) is 129 Å². The van der Waals surface area contributed by atoms with Crippen LogP contribution < -0.4 is 30.7 Å². The number of hydrogen-bond donors (Lipinski definition) is 3. The van der Waals surface area contributed by atoms with Crippen LogP contribution in [0.1, 0.15) is 200 Å². The lowest BCUT2D eigenvalue weighted by Crippen LogP contribution is -2.63. The number of hydrogen-bond acceptors (Lipinski definition) is 25. The molecule has 12 aromatic heterocycles. The first-order valence-corrected chi connectivity index (χ1v) is 46.5. The van der Waals surface area contributed by atoms with Crippen molar-refractivity contribution in [2.45, 2.75) is 157 Å².